The van der Waals surface area contributed by atoms with E-state index in [4.69, 9.17) is 20.2 Å². The Morgan fingerprint density at radius 3 is 2.79 bits per heavy atom. The van der Waals surface area contributed by atoms with Crippen LogP contribution in [0.4, 0.5) is 22.9 Å². The fourth-order valence-corrected chi connectivity index (χ4v) is 4.10. The molecule has 0 radical (unpaired) electrons. The summed E-state index contributed by atoms with van der Waals surface area (Å²) >= 11 is 0. The highest BCUT2D eigenvalue weighted by Gasteiger charge is 2.14. The Morgan fingerprint density at radius 1 is 1.12 bits per heavy atom. The summed E-state index contributed by atoms with van der Waals surface area (Å²) in [5, 5.41) is 3.70. The van der Waals surface area contributed by atoms with Crippen molar-refractivity contribution in [3.05, 3.63) is 65.2 Å². The van der Waals surface area contributed by atoms with Crippen molar-refractivity contribution in [3.8, 4) is 17.0 Å². The number of rotatable bonds is 5. The Labute approximate surface area is 196 Å². The molecule has 9 nitrogen and oxygen atoms in total. The van der Waals surface area contributed by atoms with E-state index in [9.17, 15) is 4.79 Å². The minimum atomic E-state index is -0.261. The summed E-state index contributed by atoms with van der Waals surface area (Å²) in [5.74, 6) is 0.982. The summed E-state index contributed by atoms with van der Waals surface area (Å²) < 4.78 is 10.9. The lowest BCUT2D eigenvalue weighted by Crippen LogP contribution is -2.25. The van der Waals surface area contributed by atoms with Gasteiger partial charge in [-0.25, -0.2) is 9.97 Å². The van der Waals surface area contributed by atoms with E-state index in [0.717, 1.165) is 49.7 Å². The molecule has 0 spiro atoms. The van der Waals surface area contributed by atoms with Gasteiger partial charge in [-0.05, 0) is 48.9 Å². The largest absolute Gasteiger partial charge is 0.495 e. The second kappa shape index (κ2) is 9.40. The quantitative estimate of drug-likeness (QED) is 0.389. The first-order chi connectivity index (χ1) is 16.6. The first kappa shape index (κ1) is 21.7. The summed E-state index contributed by atoms with van der Waals surface area (Å²) in [5.41, 5.74) is 10.2. The minimum Gasteiger partial charge on any atom is -0.495 e. The predicted molar refractivity (Wildman–Crippen MR) is 134 cm³/mol. The van der Waals surface area contributed by atoms with Crippen LogP contribution < -0.4 is 26.2 Å². The van der Waals surface area contributed by atoms with Crippen LogP contribution in [0.2, 0.25) is 0 Å². The normalized spacial score (nSPS) is 14.1. The third kappa shape index (κ3) is 4.38. The molecule has 1 saturated heterocycles. The lowest BCUT2D eigenvalue weighted by molar-refractivity contribution is 0.152. The zero-order valence-electron chi connectivity index (χ0n) is 18.9. The molecule has 0 amide bonds. The van der Waals surface area contributed by atoms with Crippen molar-refractivity contribution < 1.29 is 9.47 Å². The smallest absolute Gasteiger partial charge is 0.262 e. The van der Waals surface area contributed by atoms with Crippen LogP contribution in [0.25, 0.3) is 22.2 Å². The summed E-state index contributed by atoms with van der Waals surface area (Å²) in [6, 6.07) is 15.3. The van der Waals surface area contributed by atoms with Crippen molar-refractivity contribution >= 4 is 33.8 Å². The molecule has 0 saturated carbocycles. The number of nitrogens with two attached hydrogens (primary N) is 1. The summed E-state index contributed by atoms with van der Waals surface area (Å²) in [6.45, 7) is 3.36. The van der Waals surface area contributed by atoms with E-state index in [1.807, 2.05) is 24.3 Å². The van der Waals surface area contributed by atoms with Crippen LogP contribution in [0, 0.1) is 0 Å². The third-order valence-corrected chi connectivity index (χ3v) is 5.87. The molecule has 2 aromatic heterocycles. The van der Waals surface area contributed by atoms with Gasteiger partial charge in [0, 0.05) is 36.6 Å². The molecule has 2 aromatic carbocycles. The van der Waals surface area contributed by atoms with E-state index in [0.29, 0.717) is 33.9 Å². The summed E-state index contributed by atoms with van der Waals surface area (Å²) in [7, 11) is 1.57. The second-order valence-corrected chi connectivity index (χ2v) is 8.06. The van der Waals surface area contributed by atoms with Gasteiger partial charge < -0.3 is 30.4 Å². The molecular weight excluding hydrogens is 432 g/mol. The Kier molecular flexibility index (Phi) is 6.01. The van der Waals surface area contributed by atoms with Crippen LogP contribution >= 0.6 is 0 Å². The maximum Gasteiger partial charge on any atom is 0.262 e. The molecule has 5 rings (SSSR count). The van der Waals surface area contributed by atoms with Gasteiger partial charge in [-0.15, -0.1) is 0 Å². The first-order valence-electron chi connectivity index (χ1n) is 11.1. The lowest BCUT2D eigenvalue weighted by atomic mass is 10.1. The van der Waals surface area contributed by atoms with Gasteiger partial charge in [0.15, 0.2) is 0 Å². The van der Waals surface area contributed by atoms with Gasteiger partial charge in [-0.1, -0.05) is 6.07 Å². The van der Waals surface area contributed by atoms with Crippen molar-refractivity contribution in [1.29, 1.82) is 0 Å². The standard InChI is InChI=1S/C25H26N6O3/c1-33-22-13-16(3-8-19(22)26)20-14-21-23(25(32)28-15-27-21)24(30-20)29-17-4-6-18(7-5-17)31-9-2-11-34-12-10-31/h3-8,13-15H,2,9-12,26H2,1H3,(H,29,30)(H,27,28,32). The number of anilines is 4. The zero-order valence-corrected chi connectivity index (χ0v) is 18.9. The molecule has 1 aliphatic heterocycles. The fourth-order valence-electron chi connectivity index (χ4n) is 4.10. The number of aromatic nitrogens is 3. The number of hydrogen-bond donors (Lipinski definition) is 3. The average Bonchev–Trinajstić information content (AvgIpc) is 3.14. The molecule has 3 heterocycles. The first-order valence-corrected chi connectivity index (χ1v) is 11.1. The summed E-state index contributed by atoms with van der Waals surface area (Å²) in [4.78, 5) is 26.7. The third-order valence-electron chi connectivity index (χ3n) is 5.87. The number of methoxy groups -OCH3 is 1. The van der Waals surface area contributed by atoms with Crippen molar-refractivity contribution in [2.24, 2.45) is 0 Å². The van der Waals surface area contributed by atoms with Crippen LogP contribution in [0.5, 0.6) is 5.75 Å². The van der Waals surface area contributed by atoms with Crippen molar-refractivity contribution in [2.75, 3.05) is 49.4 Å². The molecule has 4 aromatic rings. The van der Waals surface area contributed by atoms with Crippen LogP contribution in [-0.2, 0) is 4.74 Å². The number of fused-ring (bicyclic) bond motifs is 1. The molecule has 0 unspecified atom stereocenters. The predicted octanol–water partition coefficient (Wildman–Crippen LogP) is 3.55. The van der Waals surface area contributed by atoms with E-state index in [1.165, 1.54) is 6.33 Å². The number of H-pyrrole nitrogens is 1. The number of hydrogen-bond acceptors (Lipinski definition) is 8. The van der Waals surface area contributed by atoms with E-state index >= 15 is 0 Å². The minimum absolute atomic E-state index is 0.261. The second-order valence-electron chi connectivity index (χ2n) is 8.06. The number of aromatic amines is 1. The molecule has 0 aliphatic carbocycles. The number of pyridine rings is 1. The van der Waals surface area contributed by atoms with E-state index in [1.54, 1.807) is 19.2 Å². The molecule has 174 valence electrons. The van der Waals surface area contributed by atoms with Crippen LogP contribution in [0.1, 0.15) is 6.42 Å². The van der Waals surface area contributed by atoms with Gasteiger partial charge in [-0.2, -0.15) is 0 Å². The van der Waals surface area contributed by atoms with E-state index in [2.05, 4.69) is 32.3 Å². The molecule has 9 heteroatoms. The molecule has 0 bridgehead atoms. The lowest BCUT2D eigenvalue weighted by Gasteiger charge is -2.22. The van der Waals surface area contributed by atoms with Gasteiger partial charge in [-0.3, -0.25) is 4.79 Å². The average molecular weight is 459 g/mol. The van der Waals surface area contributed by atoms with Crippen molar-refractivity contribution in [1.82, 2.24) is 15.0 Å². The molecule has 34 heavy (non-hydrogen) atoms. The Bertz CT molecular complexity index is 1360. The van der Waals surface area contributed by atoms with E-state index < -0.39 is 0 Å². The van der Waals surface area contributed by atoms with Gasteiger partial charge >= 0.3 is 0 Å². The maximum absolute atomic E-state index is 12.6. The molecular formula is C25H26N6O3. The monoisotopic (exact) mass is 458 g/mol. The maximum atomic E-state index is 12.6. The number of ether oxygens (including phenoxy) is 2. The molecule has 1 fully saturated rings. The van der Waals surface area contributed by atoms with Crippen molar-refractivity contribution in [3.63, 3.8) is 0 Å². The van der Waals surface area contributed by atoms with Gasteiger partial charge in [0.05, 0.1) is 36.9 Å². The highest BCUT2D eigenvalue weighted by molar-refractivity contribution is 5.93. The van der Waals surface area contributed by atoms with Gasteiger partial charge in [0.2, 0.25) is 0 Å². The number of nitrogens with one attached hydrogen (secondary N) is 2. The Morgan fingerprint density at radius 2 is 1.97 bits per heavy atom. The number of nitrogens with zero attached hydrogens (tertiary/aromatic N) is 3. The Balaban J connectivity index is 1.51. The van der Waals surface area contributed by atoms with Crippen LogP contribution in [-0.4, -0.2) is 48.4 Å². The molecule has 4 N–H and O–H groups in total. The summed E-state index contributed by atoms with van der Waals surface area (Å²) in [6.07, 6.45) is 2.40. The molecule has 0 atom stereocenters. The number of benzene rings is 2. The van der Waals surface area contributed by atoms with E-state index in [-0.39, 0.29) is 5.56 Å². The van der Waals surface area contributed by atoms with Crippen LogP contribution in [0.15, 0.2) is 59.7 Å². The Hall–Kier alpha value is -4.11. The van der Waals surface area contributed by atoms with Gasteiger partial charge in [0.1, 0.15) is 17.0 Å². The zero-order chi connectivity index (χ0) is 23.5. The highest BCUT2D eigenvalue weighted by atomic mass is 16.5. The van der Waals surface area contributed by atoms with Crippen LogP contribution in [0.3, 0.4) is 0 Å². The fraction of sp³-hybridized carbons (Fsp3) is 0.240. The SMILES string of the molecule is COc1cc(-c2cc3nc[nH]c(=O)c3c(Nc3ccc(N4CCCOCC4)cc3)n2)ccc1N. The topological polar surface area (TPSA) is 118 Å². The highest BCUT2D eigenvalue weighted by Crippen LogP contribution is 2.31. The number of nitrogen functional groups attached to an aromatic ring is 1. The molecule has 1 aliphatic rings. The van der Waals surface area contributed by atoms with Gasteiger partial charge in [0.25, 0.3) is 5.56 Å². The van der Waals surface area contributed by atoms with Crippen molar-refractivity contribution in [2.45, 2.75) is 6.42 Å².